The Hall–Kier alpha value is -0.980. The molecule has 1 aromatic carbocycles. The molecule has 66 valence electrons. The number of aldehydes is 1. The first-order chi connectivity index (χ1) is 6.24. The molecule has 2 aromatic rings. The number of fused-ring (bicyclic) bond motifs is 1. The Bertz CT molecular complexity index is 480. The number of aromatic nitrogens is 2. The van der Waals surface area contributed by atoms with Crippen LogP contribution in [-0.4, -0.2) is 16.5 Å². The molecule has 1 N–H and O–H groups in total. The molecule has 1 heterocycles. The summed E-state index contributed by atoms with van der Waals surface area (Å²) in [6.07, 6.45) is 0.564. The van der Waals surface area contributed by atoms with Crippen LogP contribution in [0.4, 0.5) is 4.39 Å². The van der Waals surface area contributed by atoms with Gasteiger partial charge in [0.05, 0.1) is 10.9 Å². The molecule has 0 aliphatic rings. The maximum Gasteiger partial charge on any atom is 0.168 e. The Labute approximate surface area is 86.5 Å². The summed E-state index contributed by atoms with van der Waals surface area (Å²) in [7, 11) is 0. The van der Waals surface area contributed by atoms with Crippen molar-refractivity contribution in [1.29, 1.82) is 0 Å². The largest absolute Gasteiger partial charge is 0.296 e. The van der Waals surface area contributed by atoms with Crippen LogP contribution in [0.2, 0.25) is 0 Å². The number of rotatable bonds is 1. The molecule has 0 bridgehead atoms. The molecule has 0 saturated heterocycles. The van der Waals surface area contributed by atoms with Crippen LogP contribution in [-0.2, 0) is 0 Å². The summed E-state index contributed by atoms with van der Waals surface area (Å²) in [5.74, 6) is -0.394. The minimum absolute atomic E-state index is 0.186. The van der Waals surface area contributed by atoms with E-state index in [2.05, 4.69) is 10.2 Å². The number of nitrogens with zero attached hydrogens (tertiary/aromatic N) is 1. The minimum atomic E-state index is -0.394. The van der Waals surface area contributed by atoms with Crippen LogP contribution in [0.1, 0.15) is 10.5 Å². The lowest BCUT2D eigenvalue weighted by Gasteiger charge is -1.94. The smallest absolute Gasteiger partial charge is 0.168 e. The Kier molecular flexibility index (Phi) is 2.03. The average molecular weight is 290 g/mol. The second-order valence-corrected chi connectivity index (χ2v) is 3.67. The third-order valence-corrected chi connectivity index (χ3v) is 2.59. The van der Waals surface area contributed by atoms with Gasteiger partial charge in [0.15, 0.2) is 6.29 Å². The molecule has 0 amide bonds. The molecule has 0 atom stereocenters. The zero-order valence-corrected chi connectivity index (χ0v) is 8.50. The molecule has 0 radical (unpaired) electrons. The number of aromatic amines is 1. The second-order valence-electron chi connectivity index (χ2n) is 2.51. The predicted octanol–water partition coefficient (Wildman–Crippen LogP) is 2.12. The number of benzene rings is 1. The minimum Gasteiger partial charge on any atom is -0.296 e. The maximum absolute atomic E-state index is 13.5. The van der Waals surface area contributed by atoms with Gasteiger partial charge in [-0.25, -0.2) is 4.39 Å². The molecular formula is C8H4FIN2O. The number of nitrogens with one attached hydrogen (secondary N) is 1. The summed E-state index contributed by atoms with van der Waals surface area (Å²) >= 11 is 1.87. The number of hydrogen-bond donors (Lipinski definition) is 1. The fourth-order valence-electron chi connectivity index (χ4n) is 1.15. The van der Waals surface area contributed by atoms with Crippen molar-refractivity contribution in [3.63, 3.8) is 0 Å². The molecule has 0 fully saturated rings. The van der Waals surface area contributed by atoms with Crippen molar-refractivity contribution < 1.29 is 9.18 Å². The standard InChI is InChI=1S/C8H4FIN2O/c9-8-4(10)1-2-5-7(8)6(3-13)12-11-5/h1-3H,(H,11,12). The molecule has 0 aliphatic carbocycles. The van der Waals surface area contributed by atoms with Crippen LogP contribution in [0.15, 0.2) is 12.1 Å². The van der Waals surface area contributed by atoms with Gasteiger partial charge in [-0.1, -0.05) is 0 Å². The van der Waals surface area contributed by atoms with Crippen LogP contribution in [0.3, 0.4) is 0 Å². The van der Waals surface area contributed by atoms with Gasteiger partial charge in [-0.2, -0.15) is 5.10 Å². The van der Waals surface area contributed by atoms with Crippen LogP contribution in [0.25, 0.3) is 10.9 Å². The summed E-state index contributed by atoms with van der Waals surface area (Å²) in [6.45, 7) is 0. The molecule has 5 heteroatoms. The van der Waals surface area contributed by atoms with Gasteiger partial charge >= 0.3 is 0 Å². The second kappa shape index (κ2) is 3.06. The van der Waals surface area contributed by atoms with E-state index in [9.17, 15) is 9.18 Å². The van der Waals surface area contributed by atoms with Crippen molar-refractivity contribution in [2.75, 3.05) is 0 Å². The van der Waals surface area contributed by atoms with Crippen molar-refractivity contribution in [3.8, 4) is 0 Å². The van der Waals surface area contributed by atoms with E-state index < -0.39 is 5.82 Å². The van der Waals surface area contributed by atoms with E-state index in [1.807, 2.05) is 22.6 Å². The Balaban J connectivity index is 2.93. The quantitative estimate of drug-likeness (QED) is 0.646. The molecule has 0 unspecified atom stereocenters. The fraction of sp³-hybridized carbons (Fsp3) is 0. The Morgan fingerprint density at radius 3 is 3.00 bits per heavy atom. The summed E-state index contributed by atoms with van der Waals surface area (Å²) < 4.78 is 13.9. The number of H-pyrrole nitrogens is 1. The van der Waals surface area contributed by atoms with E-state index in [0.29, 0.717) is 15.4 Å². The summed E-state index contributed by atoms with van der Waals surface area (Å²) in [6, 6.07) is 3.29. The third kappa shape index (κ3) is 1.23. The highest BCUT2D eigenvalue weighted by atomic mass is 127. The molecule has 0 spiro atoms. The van der Waals surface area contributed by atoms with Gasteiger partial charge in [0.1, 0.15) is 11.5 Å². The summed E-state index contributed by atoms with van der Waals surface area (Å²) in [5.41, 5.74) is 0.658. The highest BCUT2D eigenvalue weighted by Crippen LogP contribution is 2.22. The van der Waals surface area contributed by atoms with E-state index in [1.54, 1.807) is 12.1 Å². The number of carbonyl (C=O) groups excluding carboxylic acids is 1. The zero-order valence-electron chi connectivity index (χ0n) is 6.34. The topological polar surface area (TPSA) is 45.8 Å². The highest BCUT2D eigenvalue weighted by molar-refractivity contribution is 14.1. The molecular weight excluding hydrogens is 286 g/mol. The van der Waals surface area contributed by atoms with Crippen LogP contribution >= 0.6 is 22.6 Å². The molecule has 0 aliphatic heterocycles. The number of carbonyl (C=O) groups is 1. The Morgan fingerprint density at radius 1 is 1.54 bits per heavy atom. The summed E-state index contributed by atoms with van der Waals surface area (Å²) in [5, 5.41) is 6.53. The molecule has 0 saturated carbocycles. The SMILES string of the molecule is O=Cc1[nH]nc2ccc(I)c(F)c12. The van der Waals surface area contributed by atoms with Crippen molar-refractivity contribution in [2.45, 2.75) is 0 Å². The lowest BCUT2D eigenvalue weighted by Crippen LogP contribution is -1.86. The average Bonchev–Trinajstić information content (AvgIpc) is 2.55. The van der Waals surface area contributed by atoms with Crippen LogP contribution in [0, 0.1) is 9.39 Å². The molecule has 13 heavy (non-hydrogen) atoms. The monoisotopic (exact) mass is 290 g/mol. The van der Waals surface area contributed by atoms with Crippen molar-refractivity contribution in [3.05, 3.63) is 27.2 Å². The first-order valence-electron chi connectivity index (χ1n) is 3.51. The van der Waals surface area contributed by atoms with Gasteiger partial charge in [0.25, 0.3) is 0 Å². The van der Waals surface area contributed by atoms with E-state index in [-0.39, 0.29) is 11.1 Å². The van der Waals surface area contributed by atoms with Gasteiger partial charge < -0.3 is 0 Å². The van der Waals surface area contributed by atoms with Crippen molar-refractivity contribution in [1.82, 2.24) is 10.2 Å². The van der Waals surface area contributed by atoms with Gasteiger partial charge in [0, 0.05) is 3.57 Å². The molecule has 3 nitrogen and oxygen atoms in total. The highest BCUT2D eigenvalue weighted by Gasteiger charge is 2.11. The number of hydrogen-bond acceptors (Lipinski definition) is 2. The van der Waals surface area contributed by atoms with E-state index in [4.69, 9.17) is 0 Å². The van der Waals surface area contributed by atoms with Crippen LogP contribution in [0.5, 0.6) is 0 Å². The predicted molar refractivity (Wildman–Crippen MR) is 54.2 cm³/mol. The summed E-state index contributed by atoms with van der Waals surface area (Å²) in [4.78, 5) is 10.5. The first-order valence-corrected chi connectivity index (χ1v) is 4.59. The maximum atomic E-state index is 13.5. The lowest BCUT2D eigenvalue weighted by atomic mass is 10.2. The third-order valence-electron chi connectivity index (χ3n) is 1.76. The van der Waals surface area contributed by atoms with Gasteiger partial charge in [-0.3, -0.25) is 9.89 Å². The van der Waals surface area contributed by atoms with E-state index in [0.717, 1.165) is 0 Å². The lowest BCUT2D eigenvalue weighted by molar-refractivity contribution is 0.112. The fourth-order valence-corrected chi connectivity index (χ4v) is 1.60. The van der Waals surface area contributed by atoms with E-state index >= 15 is 0 Å². The Morgan fingerprint density at radius 2 is 2.31 bits per heavy atom. The molecule has 1 aromatic heterocycles. The van der Waals surface area contributed by atoms with Crippen molar-refractivity contribution >= 4 is 39.8 Å². The van der Waals surface area contributed by atoms with Crippen molar-refractivity contribution in [2.24, 2.45) is 0 Å². The van der Waals surface area contributed by atoms with Gasteiger partial charge in [-0.15, -0.1) is 0 Å². The van der Waals surface area contributed by atoms with E-state index in [1.165, 1.54) is 0 Å². The van der Waals surface area contributed by atoms with Crippen LogP contribution < -0.4 is 0 Å². The molecule has 2 rings (SSSR count). The zero-order chi connectivity index (χ0) is 9.42. The van der Waals surface area contributed by atoms with Gasteiger partial charge in [0.2, 0.25) is 0 Å². The first kappa shape index (κ1) is 8.61. The normalized spacial score (nSPS) is 10.6. The number of halogens is 2. The van der Waals surface area contributed by atoms with Gasteiger partial charge in [-0.05, 0) is 34.7 Å².